The fraction of sp³-hybridized carbons (Fsp3) is 0.909. The zero-order valence-corrected chi connectivity index (χ0v) is 13.1. The van der Waals surface area contributed by atoms with Gasteiger partial charge in [0.25, 0.3) is 0 Å². The van der Waals surface area contributed by atoms with Crippen LogP contribution in [0.1, 0.15) is 47.5 Å². The normalized spacial score (nSPS) is 15.9. The van der Waals surface area contributed by atoms with Crippen molar-refractivity contribution >= 4 is 25.8 Å². The first-order valence-electron chi connectivity index (χ1n) is 5.80. The van der Waals surface area contributed by atoms with Crippen molar-refractivity contribution in [3.63, 3.8) is 0 Å². The summed E-state index contributed by atoms with van der Waals surface area (Å²) in [5, 5.41) is 2.69. The average molecular weight is 300 g/mol. The van der Waals surface area contributed by atoms with E-state index in [0.717, 1.165) is 0 Å². The monoisotopic (exact) mass is 299 g/mol. The van der Waals surface area contributed by atoms with E-state index in [2.05, 4.69) is 5.32 Å². The predicted octanol–water partition coefficient (Wildman–Crippen LogP) is 2.64. The van der Waals surface area contributed by atoms with Gasteiger partial charge in [-0.15, -0.1) is 0 Å². The summed E-state index contributed by atoms with van der Waals surface area (Å²) in [5.41, 5.74) is -1.23. The third-order valence-corrected chi connectivity index (χ3v) is 3.64. The summed E-state index contributed by atoms with van der Waals surface area (Å²) in [6.45, 7) is 8.91. The molecular weight excluding hydrogens is 278 g/mol. The topological polar surface area (TPSA) is 72.5 Å². The lowest BCUT2D eigenvalue weighted by molar-refractivity contribution is 0.0458. The van der Waals surface area contributed by atoms with E-state index in [1.807, 2.05) is 6.92 Å². The van der Waals surface area contributed by atoms with Crippen molar-refractivity contribution in [2.24, 2.45) is 0 Å². The largest absolute Gasteiger partial charge is 0.444 e. The summed E-state index contributed by atoms with van der Waals surface area (Å²) >= 11 is 0. The number of nitrogens with one attached hydrogen (secondary N) is 1. The van der Waals surface area contributed by atoms with Crippen LogP contribution in [0.25, 0.3) is 0 Å². The molecule has 0 fully saturated rings. The molecule has 108 valence electrons. The molecule has 5 nitrogen and oxygen atoms in total. The molecule has 0 aliphatic carbocycles. The lowest BCUT2D eigenvalue weighted by Gasteiger charge is -2.30. The number of ether oxygens (including phenoxy) is 1. The van der Waals surface area contributed by atoms with Gasteiger partial charge in [0.05, 0.1) is 5.75 Å². The van der Waals surface area contributed by atoms with Crippen LogP contribution in [-0.4, -0.2) is 31.4 Å². The Morgan fingerprint density at radius 3 is 2.11 bits per heavy atom. The van der Waals surface area contributed by atoms with Crippen LogP contribution in [0.5, 0.6) is 0 Å². The smallest absolute Gasteiger partial charge is 0.408 e. The van der Waals surface area contributed by atoms with Gasteiger partial charge in [-0.2, -0.15) is 0 Å². The lowest BCUT2D eigenvalue weighted by atomic mass is 9.96. The molecule has 0 spiro atoms. The van der Waals surface area contributed by atoms with Gasteiger partial charge in [-0.3, -0.25) is 0 Å². The quantitative estimate of drug-likeness (QED) is 0.792. The van der Waals surface area contributed by atoms with Crippen molar-refractivity contribution in [3.05, 3.63) is 0 Å². The summed E-state index contributed by atoms with van der Waals surface area (Å²) in [4.78, 5) is 11.6. The van der Waals surface area contributed by atoms with Gasteiger partial charge in [0.15, 0.2) is 0 Å². The van der Waals surface area contributed by atoms with Crippen LogP contribution in [0.4, 0.5) is 4.79 Å². The summed E-state index contributed by atoms with van der Waals surface area (Å²) in [6, 6.07) is 0. The minimum atomic E-state index is -3.56. The first-order chi connectivity index (χ1) is 7.87. The van der Waals surface area contributed by atoms with E-state index in [0.29, 0.717) is 6.42 Å². The molecule has 0 aromatic carbocycles. The number of alkyl carbamates (subject to hydrolysis) is 1. The third kappa shape index (κ3) is 8.58. The Morgan fingerprint density at radius 1 is 1.28 bits per heavy atom. The van der Waals surface area contributed by atoms with E-state index in [1.165, 1.54) is 0 Å². The Labute approximate surface area is 114 Å². The molecule has 1 unspecified atom stereocenters. The Balaban J connectivity index is 4.53. The van der Waals surface area contributed by atoms with Crippen molar-refractivity contribution in [2.75, 3.05) is 5.75 Å². The molecule has 18 heavy (non-hydrogen) atoms. The molecule has 0 heterocycles. The maximum Gasteiger partial charge on any atom is 0.408 e. The molecule has 0 aliphatic rings. The van der Waals surface area contributed by atoms with Crippen LogP contribution >= 0.6 is 10.7 Å². The van der Waals surface area contributed by atoms with Gasteiger partial charge in [0, 0.05) is 16.2 Å². The fourth-order valence-corrected chi connectivity index (χ4v) is 2.15. The summed E-state index contributed by atoms with van der Waals surface area (Å²) in [5.74, 6) is -0.186. The highest BCUT2D eigenvalue weighted by molar-refractivity contribution is 8.13. The van der Waals surface area contributed by atoms with E-state index in [4.69, 9.17) is 15.4 Å². The molecule has 0 saturated heterocycles. The predicted molar refractivity (Wildman–Crippen MR) is 72.3 cm³/mol. The van der Waals surface area contributed by atoms with Crippen molar-refractivity contribution in [2.45, 2.75) is 58.6 Å². The highest BCUT2D eigenvalue weighted by Gasteiger charge is 2.28. The van der Waals surface area contributed by atoms with Gasteiger partial charge in [0.1, 0.15) is 5.60 Å². The van der Waals surface area contributed by atoms with Crippen LogP contribution < -0.4 is 5.32 Å². The van der Waals surface area contributed by atoms with Gasteiger partial charge in [-0.25, -0.2) is 13.2 Å². The average Bonchev–Trinajstić information content (AvgIpc) is 2.10. The molecule has 0 rings (SSSR count). The Bertz CT molecular complexity index is 388. The molecule has 0 radical (unpaired) electrons. The SMILES string of the molecule is CCC(C)(CCS(=O)(=O)Cl)NC(=O)OC(C)(C)C. The van der Waals surface area contributed by atoms with Crippen LogP contribution in [0.2, 0.25) is 0 Å². The molecule has 1 amide bonds. The number of carbonyl (C=O) groups excluding carboxylic acids is 1. The molecule has 0 bridgehead atoms. The number of halogens is 1. The standard InChI is InChI=1S/C11H22ClNO4S/c1-6-11(5,7-8-18(12,15)16)13-9(14)17-10(2,3)4/h6-8H2,1-5H3,(H,13,14). The van der Waals surface area contributed by atoms with Crippen molar-refractivity contribution in [3.8, 4) is 0 Å². The van der Waals surface area contributed by atoms with Crippen molar-refractivity contribution in [1.29, 1.82) is 0 Å². The van der Waals surface area contributed by atoms with Crippen LogP contribution in [0, 0.1) is 0 Å². The molecular formula is C11H22ClNO4S. The highest BCUT2D eigenvalue weighted by Crippen LogP contribution is 2.18. The number of rotatable bonds is 5. The third-order valence-electron chi connectivity index (χ3n) is 2.48. The Morgan fingerprint density at radius 2 is 1.78 bits per heavy atom. The van der Waals surface area contributed by atoms with Gasteiger partial charge in [-0.05, 0) is 40.5 Å². The minimum absolute atomic E-state index is 0.186. The second-order valence-electron chi connectivity index (χ2n) is 5.53. The Kier molecular flexibility index (Phi) is 5.94. The summed E-state index contributed by atoms with van der Waals surface area (Å²) in [6.07, 6.45) is 0.270. The van der Waals surface area contributed by atoms with Gasteiger partial charge in [0.2, 0.25) is 9.05 Å². The Hall–Kier alpha value is -0.490. The van der Waals surface area contributed by atoms with Crippen molar-refractivity contribution in [1.82, 2.24) is 5.32 Å². The molecule has 7 heteroatoms. The number of amides is 1. The van der Waals surface area contributed by atoms with E-state index in [9.17, 15) is 13.2 Å². The van der Waals surface area contributed by atoms with E-state index in [-0.39, 0.29) is 12.2 Å². The van der Waals surface area contributed by atoms with Crippen LogP contribution in [0.3, 0.4) is 0 Å². The van der Waals surface area contributed by atoms with E-state index >= 15 is 0 Å². The maximum absolute atomic E-state index is 11.6. The van der Waals surface area contributed by atoms with E-state index < -0.39 is 26.3 Å². The zero-order valence-electron chi connectivity index (χ0n) is 11.5. The summed E-state index contributed by atoms with van der Waals surface area (Å²) in [7, 11) is 1.61. The zero-order chi connectivity index (χ0) is 14.6. The second kappa shape index (κ2) is 6.10. The summed E-state index contributed by atoms with van der Waals surface area (Å²) < 4.78 is 27.0. The molecule has 0 aromatic heterocycles. The highest BCUT2D eigenvalue weighted by atomic mass is 35.7. The molecule has 1 N–H and O–H groups in total. The molecule has 1 atom stereocenters. The van der Waals surface area contributed by atoms with Crippen molar-refractivity contribution < 1.29 is 17.9 Å². The van der Waals surface area contributed by atoms with Gasteiger partial charge >= 0.3 is 6.09 Å². The van der Waals surface area contributed by atoms with Gasteiger partial charge in [-0.1, -0.05) is 6.92 Å². The number of hydrogen-bond acceptors (Lipinski definition) is 4. The molecule has 0 aliphatic heterocycles. The fourth-order valence-electron chi connectivity index (χ4n) is 1.22. The van der Waals surface area contributed by atoms with Crippen LogP contribution in [-0.2, 0) is 13.8 Å². The first kappa shape index (κ1) is 17.5. The first-order valence-corrected chi connectivity index (χ1v) is 8.28. The maximum atomic E-state index is 11.6. The molecule has 0 aromatic rings. The van der Waals surface area contributed by atoms with E-state index in [1.54, 1.807) is 27.7 Å². The van der Waals surface area contributed by atoms with Crippen LogP contribution in [0.15, 0.2) is 0 Å². The minimum Gasteiger partial charge on any atom is -0.444 e. The second-order valence-corrected chi connectivity index (χ2v) is 8.43. The van der Waals surface area contributed by atoms with Gasteiger partial charge < -0.3 is 10.1 Å². The number of hydrogen-bond donors (Lipinski definition) is 1. The lowest BCUT2D eigenvalue weighted by Crippen LogP contribution is -2.48. The molecule has 0 saturated carbocycles. The number of carbonyl (C=O) groups is 1.